The highest BCUT2D eigenvalue weighted by atomic mass is 19.1. The molecule has 184 valence electrons. The van der Waals surface area contributed by atoms with Gasteiger partial charge in [0.2, 0.25) is 17.7 Å². The maximum absolute atomic E-state index is 14.5. The van der Waals surface area contributed by atoms with Crippen LogP contribution in [0.3, 0.4) is 0 Å². The first-order valence-electron chi connectivity index (χ1n) is 12.3. The van der Waals surface area contributed by atoms with Crippen molar-refractivity contribution in [2.45, 2.75) is 24.9 Å². The second kappa shape index (κ2) is 7.60. The molecule has 7 nitrogen and oxygen atoms in total. The zero-order valence-corrected chi connectivity index (χ0v) is 19.9. The van der Waals surface area contributed by atoms with Gasteiger partial charge in [0, 0.05) is 34.4 Å². The third-order valence-electron chi connectivity index (χ3n) is 8.08. The van der Waals surface area contributed by atoms with Crippen molar-refractivity contribution in [3.8, 4) is 0 Å². The second-order valence-corrected chi connectivity index (χ2v) is 10.1. The SMILES string of the molecule is Cc1ccc(N2C(=O)[C@@H]3[C@H](Cc4c[nH]c5ccccc45)N[C@]4(C(=O)Nc5ccc(F)cc54)[C@@H]3C2=O)cc1. The van der Waals surface area contributed by atoms with Crippen molar-refractivity contribution in [1.29, 1.82) is 0 Å². The molecule has 2 saturated heterocycles. The van der Waals surface area contributed by atoms with Crippen LogP contribution in [0.2, 0.25) is 0 Å². The molecule has 3 aliphatic heterocycles. The lowest BCUT2D eigenvalue weighted by atomic mass is 9.76. The predicted octanol–water partition coefficient (Wildman–Crippen LogP) is 3.78. The lowest BCUT2D eigenvalue weighted by Crippen LogP contribution is -2.53. The van der Waals surface area contributed by atoms with Crippen LogP contribution in [0.1, 0.15) is 16.7 Å². The molecule has 3 amide bonds. The van der Waals surface area contributed by atoms with Gasteiger partial charge >= 0.3 is 0 Å². The summed E-state index contributed by atoms with van der Waals surface area (Å²) in [6.07, 6.45) is 2.30. The highest BCUT2D eigenvalue weighted by Gasteiger charge is 2.70. The van der Waals surface area contributed by atoms with E-state index in [0.717, 1.165) is 22.0 Å². The minimum absolute atomic E-state index is 0.356. The van der Waals surface area contributed by atoms with Crippen molar-refractivity contribution >= 4 is 40.0 Å². The van der Waals surface area contributed by atoms with E-state index < -0.39 is 41.0 Å². The van der Waals surface area contributed by atoms with Gasteiger partial charge in [-0.2, -0.15) is 0 Å². The fourth-order valence-electron chi connectivity index (χ4n) is 6.43. The predicted molar refractivity (Wildman–Crippen MR) is 136 cm³/mol. The van der Waals surface area contributed by atoms with Crippen LogP contribution in [0.4, 0.5) is 15.8 Å². The van der Waals surface area contributed by atoms with E-state index in [1.807, 2.05) is 49.5 Å². The number of aryl methyl sites for hydroxylation is 1. The van der Waals surface area contributed by atoms with Crippen LogP contribution in [-0.2, 0) is 26.3 Å². The number of hydrogen-bond donors (Lipinski definition) is 3. The molecule has 0 bridgehead atoms. The number of nitrogens with one attached hydrogen (secondary N) is 3. The number of rotatable bonds is 3. The molecule has 4 aromatic rings. The maximum atomic E-state index is 14.5. The zero-order chi connectivity index (χ0) is 25.5. The number of carbonyl (C=O) groups excluding carboxylic acids is 3. The van der Waals surface area contributed by atoms with E-state index in [1.54, 1.807) is 12.1 Å². The molecule has 0 radical (unpaired) electrons. The largest absolute Gasteiger partial charge is 0.361 e. The summed E-state index contributed by atoms with van der Waals surface area (Å²) in [5.41, 5.74) is 2.65. The number of H-pyrrole nitrogens is 1. The number of anilines is 2. The lowest BCUT2D eigenvalue weighted by Gasteiger charge is -2.29. The Morgan fingerprint density at radius 3 is 2.57 bits per heavy atom. The van der Waals surface area contributed by atoms with Crippen LogP contribution in [0.15, 0.2) is 72.9 Å². The fourth-order valence-corrected chi connectivity index (χ4v) is 6.43. The van der Waals surface area contributed by atoms with Gasteiger partial charge in [0.05, 0.1) is 17.5 Å². The minimum Gasteiger partial charge on any atom is -0.361 e. The van der Waals surface area contributed by atoms with Gasteiger partial charge in [-0.05, 0) is 55.3 Å². The van der Waals surface area contributed by atoms with Gasteiger partial charge < -0.3 is 10.3 Å². The molecule has 2 fully saturated rings. The summed E-state index contributed by atoms with van der Waals surface area (Å²) in [4.78, 5) is 46.1. The standard InChI is InChI=1S/C29H23FN4O3/c1-15-6-9-18(10-7-15)34-26(35)24-23(12-16-14-31-21-5-3-2-4-19(16)21)33-29(25(24)27(34)36)20-13-17(30)8-11-22(20)32-28(29)37/h2-11,13-14,23-25,31,33H,12H2,1H3,(H,32,37)/t23-,24+,25-,29-/m0/s1. The molecular weight excluding hydrogens is 471 g/mol. The Hall–Kier alpha value is -4.30. The fraction of sp³-hybridized carbons (Fsp3) is 0.207. The van der Waals surface area contributed by atoms with Crippen molar-refractivity contribution < 1.29 is 18.8 Å². The number of benzene rings is 3. The van der Waals surface area contributed by atoms with Crippen LogP contribution < -0.4 is 15.5 Å². The van der Waals surface area contributed by atoms with E-state index in [9.17, 15) is 18.8 Å². The van der Waals surface area contributed by atoms with Gasteiger partial charge in [0.1, 0.15) is 11.4 Å². The number of aromatic nitrogens is 1. The summed E-state index contributed by atoms with van der Waals surface area (Å²) in [7, 11) is 0. The average Bonchev–Trinajstić information content (AvgIpc) is 3.59. The summed E-state index contributed by atoms with van der Waals surface area (Å²) in [5, 5.41) is 7.22. The van der Waals surface area contributed by atoms with Gasteiger partial charge in [-0.25, -0.2) is 9.29 Å². The Bertz CT molecular complexity index is 1630. The van der Waals surface area contributed by atoms with E-state index in [0.29, 0.717) is 23.4 Å². The molecule has 0 saturated carbocycles. The molecule has 3 aliphatic rings. The van der Waals surface area contributed by atoms with E-state index >= 15 is 0 Å². The van der Waals surface area contributed by atoms with Crippen molar-refractivity contribution in [1.82, 2.24) is 10.3 Å². The number of amides is 3. The van der Waals surface area contributed by atoms with E-state index in [1.165, 1.54) is 23.1 Å². The van der Waals surface area contributed by atoms with Crippen molar-refractivity contribution in [2.24, 2.45) is 11.8 Å². The van der Waals surface area contributed by atoms with Gasteiger partial charge in [0.25, 0.3) is 0 Å². The Labute approximate surface area is 211 Å². The van der Waals surface area contributed by atoms with Gasteiger partial charge in [-0.1, -0.05) is 35.9 Å². The van der Waals surface area contributed by atoms with Crippen LogP contribution in [-0.4, -0.2) is 28.7 Å². The Balaban J connectivity index is 1.38. The number of carbonyl (C=O) groups is 3. The van der Waals surface area contributed by atoms with Gasteiger partial charge in [0.15, 0.2) is 0 Å². The number of aromatic amines is 1. The molecule has 8 heteroatoms. The van der Waals surface area contributed by atoms with Crippen molar-refractivity contribution in [3.05, 3.63) is 95.4 Å². The molecule has 1 aromatic heterocycles. The first-order valence-corrected chi connectivity index (χ1v) is 12.3. The summed E-state index contributed by atoms with van der Waals surface area (Å²) in [6, 6.07) is 18.5. The lowest BCUT2D eigenvalue weighted by molar-refractivity contribution is -0.130. The summed E-state index contributed by atoms with van der Waals surface area (Å²) in [5.74, 6) is -3.59. The topological polar surface area (TPSA) is 94.3 Å². The summed E-state index contributed by atoms with van der Waals surface area (Å²) >= 11 is 0. The minimum atomic E-state index is -1.55. The second-order valence-electron chi connectivity index (χ2n) is 10.1. The van der Waals surface area contributed by atoms with Gasteiger partial charge in [-0.15, -0.1) is 0 Å². The molecule has 3 aromatic carbocycles. The number of nitrogens with zero attached hydrogens (tertiary/aromatic N) is 1. The average molecular weight is 495 g/mol. The summed E-state index contributed by atoms with van der Waals surface area (Å²) < 4.78 is 14.5. The van der Waals surface area contributed by atoms with Crippen molar-refractivity contribution in [2.75, 3.05) is 10.2 Å². The monoisotopic (exact) mass is 494 g/mol. The number of imide groups is 1. The van der Waals surface area contributed by atoms with Crippen molar-refractivity contribution in [3.63, 3.8) is 0 Å². The van der Waals surface area contributed by atoms with E-state index in [-0.39, 0.29) is 5.91 Å². The first kappa shape index (κ1) is 21.9. The Morgan fingerprint density at radius 1 is 0.973 bits per heavy atom. The highest BCUT2D eigenvalue weighted by molar-refractivity contribution is 6.25. The molecule has 1 spiro atoms. The number of hydrogen-bond acceptors (Lipinski definition) is 4. The molecule has 7 rings (SSSR count). The smallest absolute Gasteiger partial charge is 0.250 e. The third kappa shape index (κ3) is 2.93. The van der Waals surface area contributed by atoms with Crippen LogP contribution in [0.25, 0.3) is 10.9 Å². The van der Waals surface area contributed by atoms with Crippen LogP contribution >= 0.6 is 0 Å². The highest BCUT2D eigenvalue weighted by Crippen LogP contribution is 2.54. The Kier molecular flexibility index (Phi) is 4.51. The van der Waals surface area contributed by atoms with Crippen LogP contribution in [0, 0.1) is 24.6 Å². The molecular formula is C29H23FN4O3. The first-order chi connectivity index (χ1) is 17.9. The molecule has 3 N–H and O–H groups in total. The zero-order valence-electron chi connectivity index (χ0n) is 19.9. The number of fused-ring (bicyclic) bond motifs is 5. The van der Waals surface area contributed by atoms with Gasteiger partial charge in [-0.3, -0.25) is 19.7 Å². The molecule has 4 heterocycles. The number of halogens is 1. The molecule has 4 atom stereocenters. The normalized spacial score (nSPS) is 26.3. The maximum Gasteiger partial charge on any atom is 0.250 e. The molecule has 0 unspecified atom stereocenters. The third-order valence-corrected chi connectivity index (χ3v) is 8.08. The Morgan fingerprint density at radius 2 is 1.76 bits per heavy atom. The number of para-hydroxylation sites is 1. The summed E-state index contributed by atoms with van der Waals surface area (Å²) in [6.45, 7) is 1.93. The van der Waals surface area contributed by atoms with E-state index in [2.05, 4.69) is 15.6 Å². The molecule has 0 aliphatic carbocycles. The van der Waals surface area contributed by atoms with Crippen LogP contribution in [0.5, 0.6) is 0 Å². The quantitative estimate of drug-likeness (QED) is 0.378. The van der Waals surface area contributed by atoms with E-state index in [4.69, 9.17) is 0 Å². The molecule has 37 heavy (non-hydrogen) atoms.